The summed E-state index contributed by atoms with van der Waals surface area (Å²) in [5.41, 5.74) is 10.1. The third kappa shape index (κ3) is 2.27. The van der Waals surface area contributed by atoms with Crippen molar-refractivity contribution < 1.29 is 4.79 Å². The number of nitrogens with one attached hydrogen (secondary N) is 2. The van der Waals surface area contributed by atoms with E-state index in [2.05, 4.69) is 16.6 Å². The van der Waals surface area contributed by atoms with Gasteiger partial charge in [-0.15, -0.1) is 0 Å². The second-order valence-electron chi connectivity index (χ2n) is 4.30. The lowest BCUT2D eigenvalue weighted by Gasteiger charge is -2.18. The van der Waals surface area contributed by atoms with Crippen molar-refractivity contribution in [2.75, 3.05) is 12.1 Å². The Morgan fingerprint density at radius 1 is 1.53 bits per heavy atom. The van der Waals surface area contributed by atoms with Gasteiger partial charge in [-0.05, 0) is 37.3 Å². The molecule has 2 N–H and O–H groups in total. The molecule has 5 heteroatoms. The summed E-state index contributed by atoms with van der Waals surface area (Å²) in [4.78, 5) is 11.6. The first-order chi connectivity index (χ1) is 8.17. The number of benzene rings is 1. The van der Waals surface area contributed by atoms with E-state index in [4.69, 9.17) is 5.53 Å². The highest BCUT2D eigenvalue weighted by atomic mass is 16.2. The summed E-state index contributed by atoms with van der Waals surface area (Å²) in [7, 11) is 1.53. The smallest absolute Gasteiger partial charge is 0.339 e. The lowest BCUT2D eigenvalue weighted by molar-refractivity contribution is 0.248. The molecular formula is C12H16N4O. The predicted octanol–water partition coefficient (Wildman–Crippen LogP) is 2.96. The van der Waals surface area contributed by atoms with Crippen molar-refractivity contribution in [2.24, 2.45) is 5.22 Å². The molecule has 0 saturated heterocycles. The first-order valence-electron chi connectivity index (χ1n) is 5.67. The lowest BCUT2D eigenvalue weighted by atomic mass is 10.0. The van der Waals surface area contributed by atoms with Crippen LogP contribution in [0.5, 0.6) is 0 Å². The van der Waals surface area contributed by atoms with Crippen LogP contribution in [0.1, 0.15) is 29.9 Å². The fourth-order valence-corrected chi connectivity index (χ4v) is 1.90. The van der Waals surface area contributed by atoms with Gasteiger partial charge in [0.25, 0.3) is 0 Å². The maximum absolute atomic E-state index is 11.6. The van der Waals surface area contributed by atoms with Gasteiger partial charge in [-0.1, -0.05) is 22.9 Å². The number of aryl methyl sites for hydroxylation is 1. The first-order valence-corrected chi connectivity index (χ1v) is 5.67. The minimum absolute atomic E-state index is 0.384. The largest absolute Gasteiger partial charge is 0.343 e. The number of amides is 2. The minimum atomic E-state index is -0.384. The summed E-state index contributed by atoms with van der Waals surface area (Å²) < 4.78 is 0. The number of rotatable bonds is 3. The molecule has 0 radical (unpaired) electrons. The predicted molar refractivity (Wildman–Crippen MR) is 65.2 cm³/mol. The van der Waals surface area contributed by atoms with Gasteiger partial charge in [0.2, 0.25) is 0 Å². The number of urea groups is 1. The molecule has 0 spiro atoms. The molecule has 0 aromatic heterocycles. The Morgan fingerprint density at radius 2 is 2.24 bits per heavy atom. The first kappa shape index (κ1) is 11.6. The SMILES string of the molecule is CNC(=O)N(N=N)c1ccc(C)cc1C1CC1. The molecule has 1 fully saturated rings. The fourth-order valence-electron chi connectivity index (χ4n) is 1.90. The van der Waals surface area contributed by atoms with Crippen molar-refractivity contribution in [2.45, 2.75) is 25.7 Å². The Morgan fingerprint density at radius 3 is 2.76 bits per heavy atom. The molecule has 1 aliphatic carbocycles. The summed E-state index contributed by atoms with van der Waals surface area (Å²) in [5, 5.41) is 6.89. The van der Waals surface area contributed by atoms with Crippen LogP contribution >= 0.6 is 0 Å². The molecule has 2 amide bonds. The standard InChI is InChI=1S/C12H16N4O/c1-8-3-6-11(10(7-8)9-4-5-9)16(15-13)12(17)14-2/h3,6-7,9,13H,4-5H2,1-2H3,(H,14,17). The van der Waals surface area contributed by atoms with Crippen molar-refractivity contribution >= 4 is 11.7 Å². The Bertz CT molecular complexity index is 454. The summed E-state index contributed by atoms with van der Waals surface area (Å²) >= 11 is 0. The summed E-state index contributed by atoms with van der Waals surface area (Å²) in [6.07, 6.45) is 2.30. The monoisotopic (exact) mass is 232 g/mol. The number of hydrogen-bond acceptors (Lipinski definition) is 3. The molecule has 1 aliphatic rings. The van der Waals surface area contributed by atoms with Gasteiger partial charge >= 0.3 is 6.03 Å². The minimum Gasteiger partial charge on any atom is -0.339 e. The highest BCUT2D eigenvalue weighted by molar-refractivity contribution is 5.92. The molecule has 2 rings (SSSR count). The van der Waals surface area contributed by atoms with E-state index < -0.39 is 0 Å². The molecule has 1 saturated carbocycles. The number of nitrogens with zero attached hydrogens (tertiary/aromatic N) is 2. The molecule has 1 aromatic carbocycles. The normalized spacial score (nSPS) is 14.2. The van der Waals surface area contributed by atoms with Gasteiger partial charge in [0.1, 0.15) is 0 Å². The van der Waals surface area contributed by atoms with E-state index in [0.29, 0.717) is 11.6 Å². The zero-order valence-corrected chi connectivity index (χ0v) is 10.0. The van der Waals surface area contributed by atoms with E-state index in [0.717, 1.165) is 29.0 Å². The third-order valence-corrected chi connectivity index (χ3v) is 2.93. The van der Waals surface area contributed by atoms with Crippen LogP contribution in [-0.4, -0.2) is 13.1 Å². The molecule has 0 unspecified atom stereocenters. The van der Waals surface area contributed by atoms with Gasteiger partial charge in [-0.2, -0.15) is 10.5 Å². The maximum Gasteiger partial charge on any atom is 0.343 e. The Hall–Kier alpha value is -1.91. The Balaban J connectivity index is 2.41. The van der Waals surface area contributed by atoms with E-state index in [-0.39, 0.29) is 6.03 Å². The summed E-state index contributed by atoms with van der Waals surface area (Å²) in [6, 6.07) is 5.48. The van der Waals surface area contributed by atoms with Gasteiger partial charge in [0.05, 0.1) is 5.69 Å². The van der Waals surface area contributed by atoms with Gasteiger partial charge in [-0.25, -0.2) is 4.79 Å². The van der Waals surface area contributed by atoms with Gasteiger partial charge < -0.3 is 5.32 Å². The second-order valence-corrected chi connectivity index (χ2v) is 4.30. The van der Waals surface area contributed by atoms with Crippen molar-refractivity contribution in [1.82, 2.24) is 5.32 Å². The van der Waals surface area contributed by atoms with Crippen molar-refractivity contribution in [3.8, 4) is 0 Å². The van der Waals surface area contributed by atoms with Crippen LogP contribution in [0.15, 0.2) is 23.4 Å². The highest BCUT2D eigenvalue weighted by Gasteiger charge is 2.29. The summed E-state index contributed by atoms with van der Waals surface area (Å²) in [5.74, 6) is 0.513. The average Bonchev–Trinajstić information content (AvgIpc) is 3.15. The summed E-state index contributed by atoms with van der Waals surface area (Å²) in [6.45, 7) is 2.03. The fraction of sp³-hybridized carbons (Fsp3) is 0.417. The van der Waals surface area contributed by atoms with Crippen molar-refractivity contribution in [1.29, 1.82) is 5.53 Å². The third-order valence-electron chi connectivity index (χ3n) is 2.93. The Labute approximate surface area is 100 Å². The molecule has 17 heavy (non-hydrogen) atoms. The van der Waals surface area contributed by atoms with E-state index in [9.17, 15) is 4.79 Å². The van der Waals surface area contributed by atoms with Crippen molar-refractivity contribution in [3.63, 3.8) is 0 Å². The molecule has 5 nitrogen and oxygen atoms in total. The molecule has 1 aromatic rings. The zero-order chi connectivity index (χ0) is 12.4. The lowest BCUT2D eigenvalue weighted by Crippen LogP contribution is -2.34. The van der Waals surface area contributed by atoms with E-state index in [1.165, 1.54) is 7.05 Å². The van der Waals surface area contributed by atoms with Crippen LogP contribution in [0.25, 0.3) is 0 Å². The molecule has 0 atom stereocenters. The number of hydrogen-bond donors (Lipinski definition) is 2. The van der Waals surface area contributed by atoms with Gasteiger partial charge in [0.15, 0.2) is 0 Å². The molecule has 0 heterocycles. The van der Waals surface area contributed by atoms with Crippen molar-refractivity contribution in [3.05, 3.63) is 29.3 Å². The van der Waals surface area contributed by atoms with Gasteiger partial charge in [0, 0.05) is 7.05 Å². The zero-order valence-electron chi connectivity index (χ0n) is 10.0. The highest BCUT2D eigenvalue weighted by Crippen LogP contribution is 2.44. The van der Waals surface area contributed by atoms with Crippen LogP contribution in [0, 0.1) is 12.5 Å². The quantitative estimate of drug-likeness (QED) is 0.610. The van der Waals surface area contributed by atoms with E-state index in [1.807, 2.05) is 19.1 Å². The van der Waals surface area contributed by atoms with E-state index in [1.54, 1.807) is 0 Å². The molecule has 0 bridgehead atoms. The number of carbonyl (C=O) groups excluding carboxylic acids is 1. The van der Waals surface area contributed by atoms with Gasteiger partial charge in [-0.3, -0.25) is 0 Å². The number of anilines is 1. The molecule has 90 valence electrons. The van der Waals surface area contributed by atoms with Crippen LogP contribution in [0.2, 0.25) is 0 Å². The van der Waals surface area contributed by atoms with Crippen LogP contribution in [0.4, 0.5) is 10.5 Å². The molecular weight excluding hydrogens is 216 g/mol. The number of carbonyl (C=O) groups is 1. The topological polar surface area (TPSA) is 68.6 Å². The van der Waals surface area contributed by atoms with Crippen LogP contribution in [0.3, 0.4) is 0 Å². The van der Waals surface area contributed by atoms with Crippen LogP contribution in [-0.2, 0) is 0 Å². The molecule has 0 aliphatic heterocycles. The average molecular weight is 232 g/mol. The van der Waals surface area contributed by atoms with Crippen LogP contribution < -0.4 is 10.3 Å². The second kappa shape index (κ2) is 4.53. The maximum atomic E-state index is 11.6. The Kier molecular flexibility index (Phi) is 3.08. The van der Waals surface area contributed by atoms with E-state index >= 15 is 0 Å².